The number of anilines is 1. The van der Waals surface area contributed by atoms with E-state index in [4.69, 9.17) is 0 Å². The Morgan fingerprint density at radius 3 is 2.50 bits per heavy atom. The Kier molecular flexibility index (Phi) is 6.83. The smallest absolute Gasteiger partial charge is 0.257 e. The predicted octanol–water partition coefficient (Wildman–Crippen LogP) is 2.55. The highest BCUT2D eigenvalue weighted by atomic mass is 32.1. The van der Waals surface area contributed by atoms with Gasteiger partial charge in [-0.05, 0) is 42.9 Å². The Hall–Kier alpha value is -2.22. The quantitative estimate of drug-likeness (QED) is 0.664. The summed E-state index contributed by atoms with van der Waals surface area (Å²) in [7, 11) is 0. The summed E-state index contributed by atoms with van der Waals surface area (Å²) in [6, 6.07) is 8.91. The zero-order valence-electron chi connectivity index (χ0n) is 16.0. The molecule has 0 saturated heterocycles. The lowest BCUT2D eigenvalue weighted by Crippen LogP contribution is -2.36. The number of amides is 2. The molecule has 0 spiro atoms. The maximum atomic E-state index is 13.2. The minimum absolute atomic E-state index is 0.145. The van der Waals surface area contributed by atoms with Gasteiger partial charge in [0.15, 0.2) is 0 Å². The number of hydrogen-bond acceptors (Lipinski definition) is 5. The molecule has 3 rings (SSSR count). The number of nitrogens with zero attached hydrogens (tertiary/aromatic N) is 1. The van der Waals surface area contributed by atoms with Crippen molar-refractivity contribution in [2.45, 2.75) is 26.2 Å². The average molecular weight is 403 g/mol. The fourth-order valence-electron chi connectivity index (χ4n) is 3.54. The van der Waals surface area contributed by atoms with Gasteiger partial charge in [-0.1, -0.05) is 25.1 Å². The molecule has 1 heterocycles. The number of carbonyl (C=O) groups is 2. The maximum absolute atomic E-state index is 13.2. The van der Waals surface area contributed by atoms with Gasteiger partial charge in [-0.3, -0.25) is 9.59 Å². The molecule has 0 radical (unpaired) electrons. The van der Waals surface area contributed by atoms with E-state index in [0.29, 0.717) is 22.0 Å². The topological polar surface area (TPSA) is 89.9 Å². The van der Waals surface area contributed by atoms with Crippen molar-refractivity contribution in [3.63, 3.8) is 0 Å². The van der Waals surface area contributed by atoms with Gasteiger partial charge in [-0.2, -0.15) is 0 Å². The van der Waals surface area contributed by atoms with Crippen molar-refractivity contribution in [2.75, 3.05) is 31.6 Å². The van der Waals surface area contributed by atoms with E-state index in [1.807, 2.05) is 6.07 Å². The van der Waals surface area contributed by atoms with Crippen molar-refractivity contribution in [2.24, 2.45) is 5.92 Å². The highest BCUT2D eigenvalue weighted by molar-refractivity contribution is 7.17. The fourth-order valence-corrected chi connectivity index (χ4v) is 4.94. The molecule has 6 nitrogen and oxygen atoms in total. The summed E-state index contributed by atoms with van der Waals surface area (Å²) in [5.41, 5.74) is 2.04. The van der Waals surface area contributed by atoms with Crippen LogP contribution in [0.1, 0.15) is 44.5 Å². The normalized spacial score (nSPS) is 15.8. The standard InChI is InChI=1S/C21H26N2O4S/c1-14-7-8-16-17(13-14)28-20(22-19(26)15-5-3-2-4-6-15)18(16)21(27)23(9-11-24)10-12-25/h2-6,14,24-25H,7-13H2,1H3,(H,22,26). The summed E-state index contributed by atoms with van der Waals surface area (Å²) in [5, 5.41) is 22.1. The molecule has 0 fully saturated rings. The highest BCUT2D eigenvalue weighted by Gasteiger charge is 2.30. The molecule has 1 unspecified atom stereocenters. The summed E-state index contributed by atoms with van der Waals surface area (Å²) in [5.74, 6) is 0.0356. The second-order valence-corrected chi connectivity index (χ2v) is 8.22. The summed E-state index contributed by atoms with van der Waals surface area (Å²) in [6.45, 7) is 2.12. The first kappa shape index (κ1) is 20.5. The molecular formula is C21H26N2O4S. The monoisotopic (exact) mass is 402 g/mol. The molecule has 150 valence electrons. The molecule has 0 saturated carbocycles. The van der Waals surface area contributed by atoms with Crippen molar-refractivity contribution in [3.8, 4) is 0 Å². The third-order valence-electron chi connectivity index (χ3n) is 5.02. The molecule has 1 aromatic heterocycles. The number of fused-ring (bicyclic) bond motifs is 1. The molecule has 1 aromatic carbocycles. The molecule has 2 aromatic rings. The van der Waals surface area contributed by atoms with E-state index in [2.05, 4.69) is 12.2 Å². The van der Waals surface area contributed by atoms with Crippen LogP contribution < -0.4 is 5.32 Å². The van der Waals surface area contributed by atoms with Gasteiger partial charge in [0, 0.05) is 23.5 Å². The minimum Gasteiger partial charge on any atom is -0.395 e. The van der Waals surface area contributed by atoms with Crippen LogP contribution in [-0.4, -0.2) is 53.2 Å². The van der Waals surface area contributed by atoms with E-state index in [1.54, 1.807) is 24.3 Å². The fraction of sp³-hybridized carbons (Fsp3) is 0.429. The van der Waals surface area contributed by atoms with Crippen LogP contribution >= 0.6 is 11.3 Å². The Balaban J connectivity index is 1.97. The zero-order chi connectivity index (χ0) is 20.1. The first-order valence-electron chi connectivity index (χ1n) is 9.57. The number of benzene rings is 1. The van der Waals surface area contributed by atoms with Gasteiger partial charge >= 0.3 is 0 Å². The van der Waals surface area contributed by atoms with Crippen molar-refractivity contribution >= 4 is 28.2 Å². The Bertz CT molecular complexity index is 828. The summed E-state index contributed by atoms with van der Waals surface area (Å²) in [4.78, 5) is 28.5. The number of nitrogens with one attached hydrogen (secondary N) is 1. The number of thiophene rings is 1. The van der Waals surface area contributed by atoms with E-state index in [9.17, 15) is 19.8 Å². The Labute approximate surface area is 168 Å². The van der Waals surface area contributed by atoms with Crippen LogP contribution in [0.4, 0.5) is 5.00 Å². The molecule has 3 N–H and O–H groups in total. The molecule has 0 aliphatic heterocycles. The van der Waals surface area contributed by atoms with Gasteiger partial charge in [0.25, 0.3) is 11.8 Å². The van der Waals surface area contributed by atoms with Gasteiger partial charge in [-0.15, -0.1) is 11.3 Å². The molecule has 2 amide bonds. The van der Waals surface area contributed by atoms with Gasteiger partial charge in [0.1, 0.15) is 5.00 Å². The summed E-state index contributed by atoms with van der Waals surface area (Å²) < 4.78 is 0. The van der Waals surface area contributed by atoms with E-state index in [-0.39, 0.29) is 38.1 Å². The van der Waals surface area contributed by atoms with Gasteiger partial charge in [0.05, 0.1) is 18.8 Å². The number of rotatable bonds is 7. The van der Waals surface area contributed by atoms with Crippen LogP contribution in [0.25, 0.3) is 0 Å². The maximum Gasteiger partial charge on any atom is 0.257 e. The van der Waals surface area contributed by atoms with Gasteiger partial charge < -0.3 is 20.4 Å². The van der Waals surface area contributed by atoms with Crippen LogP contribution in [0, 0.1) is 5.92 Å². The number of aliphatic hydroxyl groups excluding tert-OH is 2. The van der Waals surface area contributed by atoms with Gasteiger partial charge in [0.2, 0.25) is 0 Å². The largest absolute Gasteiger partial charge is 0.395 e. The van der Waals surface area contributed by atoms with Crippen LogP contribution in [0.3, 0.4) is 0 Å². The van der Waals surface area contributed by atoms with Crippen LogP contribution in [-0.2, 0) is 12.8 Å². The molecule has 28 heavy (non-hydrogen) atoms. The number of hydrogen-bond donors (Lipinski definition) is 3. The van der Waals surface area contributed by atoms with E-state index in [0.717, 1.165) is 29.7 Å². The molecule has 1 atom stereocenters. The second-order valence-electron chi connectivity index (χ2n) is 7.12. The van der Waals surface area contributed by atoms with Gasteiger partial charge in [-0.25, -0.2) is 0 Å². The third-order valence-corrected chi connectivity index (χ3v) is 6.19. The van der Waals surface area contributed by atoms with Crippen LogP contribution in [0.2, 0.25) is 0 Å². The summed E-state index contributed by atoms with van der Waals surface area (Å²) >= 11 is 1.47. The molecule has 7 heteroatoms. The van der Waals surface area contributed by atoms with Crippen molar-refractivity contribution < 1.29 is 19.8 Å². The van der Waals surface area contributed by atoms with E-state index >= 15 is 0 Å². The molecule has 0 bridgehead atoms. The van der Waals surface area contributed by atoms with Crippen molar-refractivity contribution in [1.82, 2.24) is 4.90 Å². The first-order valence-corrected chi connectivity index (χ1v) is 10.4. The molecule has 1 aliphatic rings. The lowest BCUT2D eigenvalue weighted by atomic mass is 9.88. The molecular weight excluding hydrogens is 376 g/mol. The first-order chi connectivity index (χ1) is 13.5. The number of aliphatic hydroxyl groups is 2. The van der Waals surface area contributed by atoms with E-state index in [1.165, 1.54) is 16.2 Å². The third kappa shape index (κ3) is 4.43. The van der Waals surface area contributed by atoms with Crippen LogP contribution in [0.15, 0.2) is 30.3 Å². The zero-order valence-corrected chi connectivity index (χ0v) is 16.8. The number of carbonyl (C=O) groups excluding carboxylic acids is 2. The van der Waals surface area contributed by atoms with Crippen molar-refractivity contribution in [3.05, 3.63) is 51.9 Å². The lowest BCUT2D eigenvalue weighted by Gasteiger charge is -2.23. The highest BCUT2D eigenvalue weighted by Crippen LogP contribution is 2.40. The van der Waals surface area contributed by atoms with Crippen LogP contribution in [0.5, 0.6) is 0 Å². The van der Waals surface area contributed by atoms with Crippen molar-refractivity contribution in [1.29, 1.82) is 0 Å². The SMILES string of the molecule is CC1CCc2c(sc(NC(=O)c3ccccc3)c2C(=O)N(CCO)CCO)C1. The summed E-state index contributed by atoms with van der Waals surface area (Å²) in [6.07, 6.45) is 2.68. The predicted molar refractivity (Wildman–Crippen MR) is 110 cm³/mol. The second kappa shape index (κ2) is 9.32. The molecule has 1 aliphatic carbocycles. The Morgan fingerprint density at radius 2 is 1.86 bits per heavy atom. The average Bonchev–Trinajstić information content (AvgIpc) is 3.04. The van der Waals surface area contributed by atoms with E-state index < -0.39 is 0 Å². The Morgan fingerprint density at radius 1 is 1.18 bits per heavy atom. The lowest BCUT2D eigenvalue weighted by molar-refractivity contribution is 0.0685. The minimum atomic E-state index is -0.253.